The van der Waals surface area contributed by atoms with Crippen LogP contribution in [-0.2, 0) is 0 Å². The van der Waals surface area contributed by atoms with E-state index in [1.807, 2.05) is 6.08 Å². The van der Waals surface area contributed by atoms with Crippen molar-refractivity contribution in [1.29, 1.82) is 0 Å². The lowest BCUT2D eigenvalue weighted by Gasteiger charge is -2.34. The molecular weight excluding hydrogens is 196 g/mol. The van der Waals surface area contributed by atoms with Gasteiger partial charge < -0.3 is 5.32 Å². The third kappa shape index (κ3) is 5.66. The molecule has 0 radical (unpaired) electrons. The average molecular weight is 224 g/mol. The molecule has 0 unspecified atom stereocenters. The Morgan fingerprint density at radius 1 is 1.31 bits per heavy atom. The van der Waals surface area contributed by atoms with Crippen LogP contribution in [0.3, 0.4) is 0 Å². The fourth-order valence-electron chi connectivity index (χ4n) is 1.88. The van der Waals surface area contributed by atoms with E-state index >= 15 is 0 Å². The van der Waals surface area contributed by atoms with E-state index in [0.29, 0.717) is 0 Å². The van der Waals surface area contributed by atoms with E-state index in [9.17, 15) is 0 Å². The number of rotatable bonds is 8. The molecule has 1 rings (SSSR count). The molecule has 2 nitrogen and oxygen atoms in total. The maximum Gasteiger partial charge on any atom is 0.0165 e. The summed E-state index contributed by atoms with van der Waals surface area (Å²) in [5, 5.41) is 3.56. The molecule has 1 fully saturated rings. The van der Waals surface area contributed by atoms with Crippen LogP contribution in [0, 0.1) is 0 Å². The van der Waals surface area contributed by atoms with Crippen LogP contribution < -0.4 is 5.32 Å². The number of hydrogen-bond donors (Lipinski definition) is 1. The standard InChI is InChI=1S/C14H28N2/c1-5-11-16(14(2,3)4)12-7-6-10-15-13-8-9-13/h5,13,15H,1,6-12H2,2-4H3. The highest BCUT2D eigenvalue weighted by Crippen LogP contribution is 2.18. The van der Waals surface area contributed by atoms with Crippen LogP contribution >= 0.6 is 0 Å². The lowest BCUT2D eigenvalue weighted by atomic mass is 10.1. The smallest absolute Gasteiger partial charge is 0.0165 e. The molecule has 0 spiro atoms. The Bertz CT molecular complexity index is 201. The first kappa shape index (κ1) is 13.7. The number of nitrogens with one attached hydrogen (secondary N) is 1. The molecule has 0 aromatic heterocycles. The molecule has 0 aliphatic heterocycles. The first-order valence-electron chi connectivity index (χ1n) is 6.63. The molecule has 0 atom stereocenters. The van der Waals surface area contributed by atoms with E-state index in [1.54, 1.807) is 0 Å². The van der Waals surface area contributed by atoms with Crippen LogP contribution in [0.15, 0.2) is 12.7 Å². The number of hydrogen-bond acceptors (Lipinski definition) is 2. The molecule has 1 N–H and O–H groups in total. The van der Waals surface area contributed by atoms with Gasteiger partial charge in [0.25, 0.3) is 0 Å². The molecule has 0 bridgehead atoms. The van der Waals surface area contributed by atoms with Crippen LogP contribution in [-0.4, -0.2) is 36.1 Å². The van der Waals surface area contributed by atoms with Gasteiger partial charge >= 0.3 is 0 Å². The van der Waals surface area contributed by atoms with E-state index < -0.39 is 0 Å². The van der Waals surface area contributed by atoms with E-state index in [1.165, 1.54) is 38.8 Å². The van der Waals surface area contributed by atoms with E-state index in [2.05, 4.69) is 37.6 Å². The second kappa shape index (κ2) is 6.41. The Morgan fingerprint density at radius 3 is 2.50 bits per heavy atom. The van der Waals surface area contributed by atoms with Crippen LogP contribution in [0.4, 0.5) is 0 Å². The monoisotopic (exact) mass is 224 g/mol. The number of unbranched alkanes of at least 4 members (excludes halogenated alkanes) is 1. The highest BCUT2D eigenvalue weighted by Gasteiger charge is 2.20. The highest BCUT2D eigenvalue weighted by atomic mass is 15.2. The molecule has 16 heavy (non-hydrogen) atoms. The van der Waals surface area contributed by atoms with Crippen molar-refractivity contribution in [2.24, 2.45) is 0 Å². The maximum atomic E-state index is 3.84. The van der Waals surface area contributed by atoms with E-state index in [4.69, 9.17) is 0 Å². The quantitative estimate of drug-likeness (QED) is 0.504. The van der Waals surface area contributed by atoms with Crippen LogP contribution in [0.2, 0.25) is 0 Å². The first-order valence-corrected chi connectivity index (χ1v) is 6.63. The van der Waals surface area contributed by atoms with Crippen molar-refractivity contribution in [1.82, 2.24) is 10.2 Å². The van der Waals surface area contributed by atoms with Gasteiger partial charge in [0, 0.05) is 18.1 Å². The predicted octanol–water partition coefficient (Wildman–Crippen LogP) is 2.81. The van der Waals surface area contributed by atoms with Crippen LogP contribution in [0.25, 0.3) is 0 Å². The molecule has 1 saturated carbocycles. The second-order valence-electron chi connectivity index (χ2n) is 5.84. The molecule has 0 aromatic carbocycles. The third-order valence-corrected chi connectivity index (χ3v) is 3.16. The maximum absolute atomic E-state index is 3.84. The molecule has 1 aliphatic rings. The first-order chi connectivity index (χ1) is 7.54. The second-order valence-corrected chi connectivity index (χ2v) is 5.84. The summed E-state index contributed by atoms with van der Waals surface area (Å²) < 4.78 is 0. The topological polar surface area (TPSA) is 15.3 Å². The van der Waals surface area contributed by atoms with Crippen LogP contribution in [0.1, 0.15) is 46.5 Å². The molecule has 0 amide bonds. The summed E-state index contributed by atoms with van der Waals surface area (Å²) in [5.74, 6) is 0. The molecule has 1 aliphatic carbocycles. The summed E-state index contributed by atoms with van der Waals surface area (Å²) >= 11 is 0. The minimum Gasteiger partial charge on any atom is -0.314 e. The summed E-state index contributed by atoms with van der Waals surface area (Å²) in [6, 6.07) is 0.854. The molecule has 94 valence electrons. The van der Waals surface area contributed by atoms with E-state index in [0.717, 1.165) is 12.6 Å². The minimum atomic E-state index is 0.262. The molecular formula is C14H28N2. The lowest BCUT2D eigenvalue weighted by Crippen LogP contribution is -2.42. The Balaban J connectivity index is 2.08. The van der Waals surface area contributed by atoms with Crippen molar-refractivity contribution < 1.29 is 0 Å². The molecule has 0 saturated heterocycles. The fourth-order valence-corrected chi connectivity index (χ4v) is 1.88. The van der Waals surface area contributed by atoms with Gasteiger partial charge in [-0.05, 0) is 59.5 Å². The van der Waals surface area contributed by atoms with Gasteiger partial charge in [0.05, 0.1) is 0 Å². The Labute approximate surface area is 101 Å². The zero-order chi connectivity index (χ0) is 12.0. The van der Waals surface area contributed by atoms with E-state index in [-0.39, 0.29) is 5.54 Å². The summed E-state index contributed by atoms with van der Waals surface area (Å²) in [7, 11) is 0. The van der Waals surface area contributed by atoms with Crippen molar-refractivity contribution in [3.05, 3.63) is 12.7 Å². The van der Waals surface area contributed by atoms with Crippen molar-refractivity contribution in [2.45, 2.75) is 58.0 Å². The summed E-state index contributed by atoms with van der Waals surface area (Å²) in [6.07, 6.45) is 7.37. The summed E-state index contributed by atoms with van der Waals surface area (Å²) in [5.41, 5.74) is 0.262. The van der Waals surface area contributed by atoms with Crippen molar-refractivity contribution >= 4 is 0 Å². The summed E-state index contributed by atoms with van der Waals surface area (Å²) in [4.78, 5) is 2.50. The van der Waals surface area contributed by atoms with Gasteiger partial charge in [-0.25, -0.2) is 0 Å². The van der Waals surface area contributed by atoms with Crippen molar-refractivity contribution in [3.8, 4) is 0 Å². The van der Waals surface area contributed by atoms with Gasteiger partial charge in [-0.2, -0.15) is 0 Å². The lowest BCUT2D eigenvalue weighted by molar-refractivity contribution is 0.151. The minimum absolute atomic E-state index is 0.262. The third-order valence-electron chi connectivity index (χ3n) is 3.16. The zero-order valence-corrected chi connectivity index (χ0v) is 11.3. The Hall–Kier alpha value is -0.340. The number of nitrogens with zero attached hydrogens (tertiary/aromatic N) is 1. The molecule has 0 heterocycles. The highest BCUT2D eigenvalue weighted by molar-refractivity contribution is 4.83. The van der Waals surface area contributed by atoms with Gasteiger partial charge in [-0.1, -0.05) is 6.08 Å². The van der Waals surface area contributed by atoms with Crippen molar-refractivity contribution in [3.63, 3.8) is 0 Å². The van der Waals surface area contributed by atoms with Gasteiger partial charge in [-0.15, -0.1) is 6.58 Å². The van der Waals surface area contributed by atoms with Gasteiger partial charge in [0.1, 0.15) is 0 Å². The largest absolute Gasteiger partial charge is 0.314 e. The normalized spacial score (nSPS) is 16.8. The fraction of sp³-hybridized carbons (Fsp3) is 0.857. The van der Waals surface area contributed by atoms with Gasteiger partial charge in [0.15, 0.2) is 0 Å². The van der Waals surface area contributed by atoms with Crippen LogP contribution in [0.5, 0.6) is 0 Å². The van der Waals surface area contributed by atoms with Crippen molar-refractivity contribution in [2.75, 3.05) is 19.6 Å². The summed E-state index contributed by atoms with van der Waals surface area (Å²) in [6.45, 7) is 14.0. The van der Waals surface area contributed by atoms with Gasteiger partial charge in [0.2, 0.25) is 0 Å². The molecule has 2 heteroatoms. The van der Waals surface area contributed by atoms with Gasteiger partial charge in [-0.3, -0.25) is 4.90 Å². The Kier molecular flexibility index (Phi) is 5.50. The SMILES string of the molecule is C=CCN(CCCCNC1CC1)C(C)(C)C. The average Bonchev–Trinajstić information content (AvgIpc) is 2.98. The predicted molar refractivity (Wildman–Crippen MR) is 71.8 cm³/mol. The Morgan fingerprint density at radius 2 is 2.00 bits per heavy atom. The zero-order valence-electron chi connectivity index (χ0n) is 11.3. The molecule has 0 aromatic rings.